The molecule has 0 radical (unpaired) electrons. The smallest absolute Gasteiger partial charge is 0.356 e. The molecule has 2 saturated heterocycles. The number of carbonyl (C=O) groups is 3. The number of imide groups is 1. The zero-order chi connectivity index (χ0) is 38.1. The summed E-state index contributed by atoms with van der Waals surface area (Å²) in [6.07, 6.45) is -7.32. The Hall–Kier alpha value is -4.58. The summed E-state index contributed by atoms with van der Waals surface area (Å²) >= 11 is 0. The molecule has 11 nitrogen and oxygen atoms in total. The minimum atomic E-state index is -4.89. The Bertz CT molecular complexity index is 1930. The van der Waals surface area contributed by atoms with Crippen LogP contribution >= 0.6 is 0 Å². The van der Waals surface area contributed by atoms with E-state index < -0.39 is 57.2 Å². The van der Waals surface area contributed by atoms with Crippen LogP contribution in [0.15, 0.2) is 54.6 Å². The second kappa shape index (κ2) is 15.0. The lowest BCUT2D eigenvalue weighted by molar-refractivity contribution is -0.145. The van der Waals surface area contributed by atoms with E-state index in [4.69, 9.17) is 0 Å². The third-order valence-electron chi connectivity index (χ3n) is 9.73. The third kappa shape index (κ3) is 8.64. The van der Waals surface area contributed by atoms with Crippen molar-refractivity contribution in [2.45, 2.75) is 44.5 Å². The van der Waals surface area contributed by atoms with Gasteiger partial charge in [-0.05, 0) is 55.5 Å². The van der Waals surface area contributed by atoms with Crippen LogP contribution in [0.5, 0.6) is 0 Å². The summed E-state index contributed by atoms with van der Waals surface area (Å²) in [5, 5.41) is 0. The zero-order valence-corrected chi connectivity index (χ0v) is 29.2. The van der Waals surface area contributed by atoms with E-state index in [2.05, 4.69) is 9.97 Å². The number of Topliss-reactive ketones (excluding diaryl/α,β-unsaturated/α-hetero) is 1. The zero-order valence-electron chi connectivity index (χ0n) is 28.4. The summed E-state index contributed by atoms with van der Waals surface area (Å²) in [6, 6.07) is 12.3. The monoisotopic (exact) mass is 766 g/mol. The average Bonchev–Trinajstić information content (AvgIpc) is 3.38. The number of piperidine rings is 1. The number of piperazine rings is 1. The van der Waals surface area contributed by atoms with E-state index in [-0.39, 0.29) is 74.2 Å². The van der Waals surface area contributed by atoms with Gasteiger partial charge in [-0.3, -0.25) is 19.3 Å². The first-order valence-corrected chi connectivity index (χ1v) is 18.7. The molecule has 0 saturated carbocycles. The number of aryl methyl sites for hydroxylation is 1. The Morgan fingerprint density at radius 2 is 1.40 bits per heavy atom. The molecular formula is C35H36F6N6O5S. The van der Waals surface area contributed by atoms with Crippen LogP contribution in [0.1, 0.15) is 63.4 Å². The summed E-state index contributed by atoms with van der Waals surface area (Å²) in [5.74, 6) is -3.66. The summed E-state index contributed by atoms with van der Waals surface area (Å²) in [7, 11) is -3.94. The maximum absolute atomic E-state index is 14.0. The van der Waals surface area contributed by atoms with Crippen molar-refractivity contribution in [1.82, 2.24) is 19.2 Å². The minimum Gasteiger partial charge on any atom is -0.356 e. The van der Waals surface area contributed by atoms with Gasteiger partial charge in [-0.25, -0.2) is 18.4 Å². The maximum Gasteiger partial charge on any atom is 0.451 e. The molecule has 6 rings (SSSR count). The van der Waals surface area contributed by atoms with Gasteiger partial charge in [-0.1, -0.05) is 24.3 Å². The van der Waals surface area contributed by atoms with Crippen LogP contribution in [-0.4, -0.2) is 96.8 Å². The van der Waals surface area contributed by atoms with Crippen molar-refractivity contribution in [3.8, 4) is 0 Å². The van der Waals surface area contributed by atoms with Crippen molar-refractivity contribution < 1.29 is 49.1 Å². The fourth-order valence-electron chi connectivity index (χ4n) is 6.83. The molecule has 3 aliphatic rings. The molecular weight excluding hydrogens is 730 g/mol. The number of sulfonamides is 1. The lowest BCUT2D eigenvalue weighted by Gasteiger charge is -2.36. The number of halogens is 6. The number of amides is 2. The Kier molecular flexibility index (Phi) is 10.8. The summed E-state index contributed by atoms with van der Waals surface area (Å²) in [4.78, 5) is 50.0. The number of rotatable bonds is 11. The molecule has 2 fully saturated rings. The van der Waals surface area contributed by atoms with Crippen LogP contribution < -0.4 is 9.80 Å². The van der Waals surface area contributed by atoms with Gasteiger partial charge in [0.2, 0.25) is 15.8 Å². The normalized spacial score (nSPS) is 18.8. The summed E-state index contributed by atoms with van der Waals surface area (Å²) in [6.45, 7) is 0.0156. The molecule has 0 N–H and O–H groups in total. The van der Waals surface area contributed by atoms with E-state index in [1.54, 1.807) is 17.0 Å². The summed E-state index contributed by atoms with van der Waals surface area (Å²) in [5.41, 5.74) is 0.301. The molecule has 0 bridgehead atoms. The van der Waals surface area contributed by atoms with Gasteiger partial charge < -0.3 is 9.80 Å². The number of anilines is 2. The molecule has 3 aliphatic heterocycles. The maximum atomic E-state index is 14.0. The lowest BCUT2D eigenvalue weighted by atomic mass is 9.90. The minimum absolute atomic E-state index is 0.0134. The molecule has 2 aromatic carbocycles. The number of alkyl halides is 6. The van der Waals surface area contributed by atoms with Crippen molar-refractivity contribution in [2.24, 2.45) is 5.92 Å². The fourth-order valence-corrected chi connectivity index (χ4v) is 8.22. The number of hydrogen-bond acceptors (Lipinski definition) is 9. The van der Waals surface area contributed by atoms with E-state index in [1.165, 1.54) is 39.5 Å². The third-order valence-corrected chi connectivity index (χ3v) is 11.6. The van der Waals surface area contributed by atoms with Crippen molar-refractivity contribution in [2.75, 3.05) is 61.4 Å². The number of carbonyl (C=O) groups excluding carboxylic acids is 3. The van der Waals surface area contributed by atoms with Crippen molar-refractivity contribution in [3.05, 3.63) is 82.7 Å². The first-order valence-electron chi connectivity index (χ1n) is 17.1. The van der Waals surface area contributed by atoms with Gasteiger partial charge in [0.05, 0.1) is 22.4 Å². The highest BCUT2D eigenvalue weighted by atomic mass is 32.2. The molecule has 4 heterocycles. The molecule has 18 heteroatoms. The quantitative estimate of drug-likeness (QED) is 0.195. The first-order chi connectivity index (χ1) is 25.0. The van der Waals surface area contributed by atoms with Crippen molar-refractivity contribution in [1.29, 1.82) is 0 Å². The van der Waals surface area contributed by atoms with E-state index in [0.29, 0.717) is 37.8 Å². The number of benzene rings is 2. The molecule has 0 unspecified atom stereocenters. The van der Waals surface area contributed by atoms with Gasteiger partial charge in [0.1, 0.15) is 17.4 Å². The van der Waals surface area contributed by atoms with Gasteiger partial charge in [0.15, 0.2) is 0 Å². The highest BCUT2D eigenvalue weighted by Gasteiger charge is 2.39. The van der Waals surface area contributed by atoms with Crippen LogP contribution in [0.25, 0.3) is 0 Å². The standard InChI is InChI=1S/C35H36F6N6O5S/c36-34(37,38)25-12-10-23(11-13-25)5-3-9-28(48)24-6-4-14-45(22-24)30-21-29(42-33(43-30)35(39,40)41)44-15-17-46(18-16-44)53(51,52)20-19-47-31(49)26-7-1-2-8-27(26)32(47)50/h1-2,7-8,10-13,21,24H,3-6,9,14-20,22H2/t24-/m1/s1. The molecule has 1 atom stereocenters. The molecule has 284 valence electrons. The number of hydrogen-bond donors (Lipinski definition) is 0. The van der Waals surface area contributed by atoms with Gasteiger partial charge in [-0.2, -0.15) is 30.6 Å². The topological polar surface area (TPSA) is 124 Å². The largest absolute Gasteiger partial charge is 0.451 e. The Morgan fingerprint density at radius 1 is 0.792 bits per heavy atom. The van der Waals surface area contributed by atoms with Gasteiger partial charge in [-0.15, -0.1) is 0 Å². The molecule has 0 spiro atoms. The predicted octanol–water partition coefficient (Wildman–Crippen LogP) is 5.07. The Morgan fingerprint density at radius 3 is 1.98 bits per heavy atom. The SMILES string of the molecule is O=C(CCCc1ccc(C(F)(F)F)cc1)[C@@H]1CCCN(c2cc(N3CCN(S(=O)(=O)CCN4C(=O)c5ccccc5C4=O)CC3)nc(C(F)(F)F)n2)C1. The highest BCUT2D eigenvalue weighted by Crippen LogP contribution is 2.33. The molecule has 53 heavy (non-hydrogen) atoms. The van der Waals surface area contributed by atoms with Gasteiger partial charge in [0, 0.05) is 64.2 Å². The van der Waals surface area contributed by atoms with Crippen LogP contribution in [-0.2, 0) is 33.6 Å². The number of fused-ring (bicyclic) bond motifs is 1. The fraction of sp³-hybridized carbons (Fsp3) is 0.457. The van der Waals surface area contributed by atoms with Crippen molar-refractivity contribution >= 4 is 39.3 Å². The summed E-state index contributed by atoms with van der Waals surface area (Å²) < 4.78 is 108. The van der Waals surface area contributed by atoms with Crippen LogP contribution in [0.3, 0.4) is 0 Å². The van der Waals surface area contributed by atoms with Gasteiger partial charge >= 0.3 is 12.4 Å². The molecule has 0 aliphatic carbocycles. The number of ketones is 1. The van der Waals surface area contributed by atoms with Crippen LogP contribution in [0.4, 0.5) is 38.0 Å². The van der Waals surface area contributed by atoms with Gasteiger partial charge in [0.25, 0.3) is 11.8 Å². The second-order valence-corrected chi connectivity index (χ2v) is 15.3. The lowest BCUT2D eigenvalue weighted by Crippen LogP contribution is -2.50. The van der Waals surface area contributed by atoms with E-state index in [1.807, 2.05) is 0 Å². The Labute approximate surface area is 301 Å². The Balaban J connectivity index is 1.06. The van der Waals surface area contributed by atoms with E-state index in [9.17, 15) is 49.1 Å². The molecule has 3 aromatic rings. The van der Waals surface area contributed by atoms with E-state index >= 15 is 0 Å². The van der Waals surface area contributed by atoms with Crippen molar-refractivity contribution in [3.63, 3.8) is 0 Å². The van der Waals surface area contributed by atoms with Crippen LogP contribution in [0.2, 0.25) is 0 Å². The number of nitrogens with zero attached hydrogens (tertiary/aromatic N) is 6. The number of aromatic nitrogens is 2. The second-order valence-electron chi connectivity index (χ2n) is 13.2. The van der Waals surface area contributed by atoms with E-state index in [0.717, 1.165) is 17.0 Å². The predicted molar refractivity (Wildman–Crippen MR) is 181 cm³/mol. The molecule has 1 aromatic heterocycles. The average molecular weight is 767 g/mol. The first kappa shape index (κ1) is 38.2. The van der Waals surface area contributed by atoms with Crippen LogP contribution in [0, 0.1) is 5.92 Å². The molecule has 2 amide bonds. The highest BCUT2D eigenvalue weighted by molar-refractivity contribution is 7.89.